The van der Waals surface area contributed by atoms with Crippen LogP contribution in [0.1, 0.15) is 28.4 Å². The molecule has 0 aliphatic heterocycles. The van der Waals surface area contributed by atoms with E-state index in [0.29, 0.717) is 17.8 Å². The molecule has 3 N–H and O–H groups in total. The van der Waals surface area contributed by atoms with E-state index >= 15 is 0 Å². The Morgan fingerprint density at radius 2 is 1.83 bits per heavy atom. The number of hydrogen-bond acceptors (Lipinski definition) is 3. The smallest absolute Gasteiger partial charge is 0.251 e. The number of anilines is 2. The third-order valence-electron chi connectivity index (χ3n) is 3.58. The maximum Gasteiger partial charge on any atom is 0.251 e. The van der Waals surface area contributed by atoms with E-state index in [1.807, 2.05) is 39.0 Å². The number of aryl methyl sites for hydroxylation is 2. The summed E-state index contributed by atoms with van der Waals surface area (Å²) in [5.41, 5.74) is 4.30. The van der Waals surface area contributed by atoms with Crippen LogP contribution in [-0.2, 0) is 4.79 Å². The Labute approximate surface area is 142 Å². The molecule has 2 aromatic carbocycles. The van der Waals surface area contributed by atoms with Gasteiger partial charge in [0.05, 0.1) is 6.54 Å². The maximum absolute atomic E-state index is 12.1. The van der Waals surface area contributed by atoms with Gasteiger partial charge in [0.2, 0.25) is 5.91 Å². The van der Waals surface area contributed by atoms with Crippen LogP contribution in [0.5, 0.6) is 0 Å². The third-order valence-corrected chi connectivity index (χ3v) is 3.58. The Morgan fingerprint density at radius 1 is 1.04 bits per heavy atom. The van der Waals surface area contributed by atoms with Crippen molar-refractivity contribution in [2.45, 2.75) is 20.8 Å². The van der Waals surface area contributed by atoms with E-state index in [0.717, 1.165) is 16.8 Å². The molecule has 0 bridgehead atoms. The highest BCUT2D eigenvalue weighted by molar-refractivity contribution is 5.98. The van der Waals surface area contributed by atoms with Crippen molar-refractivity contribution in [3.63, 3.8) is 0 Å². The topological polar surface area (TPSA) is 70.2 Å². The van der Waals surface area contributed by atoms with Gasteiger partial charge in [0.1, 0.15) is 0 Å². The first-order valence-electron chi connectivity index (χ1n) is 7.99. The van der Waals surface area contributed by atoms with E-state index in [1.165, 1.54) is 0 Å². The fourth-order valence-electron chi connectivity index (χ4n) is 2.31. The monoisotopic (exact) mass is 325 g/mol. The van der Waals surface area contributed by atoms with Gasteiger partial charge in [0.25, 0.3) is 5.91 Å². The number of carbonyl (C=O) groups is 2. The zero-order valence-electron chi connectivity index (χ0n) is 14.3. The van der Waals surface area contributed by atoms with E-state index in [4.69, 9.17) is 0 Å². The SMILES string of the molecule is CCNC(=O)c1cccc(NC(=O)CNc2cc(C)ccc2C)c1. The summed E-state index contributed by atoms with van der Waals surface area (Å²) in [6, 6.07) is 13.0. The van der Waals surface area contributed by atoms with Gasteiger partial charge >= 0.3 is 0 Å². The van der Waals surface area contributed by atoms with Gasteiger partial charge in [-0.05, 0) is 56.2 Å². The van der Waals surface area contributed by atoms with Gasteiger partial charge in [0.15, 0.2) is 0 Å². The van der Waals surface area contributed by atoms with Crippen LogP contribution in [0, 0.1) is 13.8 Å². The number of hydrogen-bond donors (Lipinski definition) is 3. The standard InChI is InChI=1S/C19H23N3O2/c1-4-20-19(24)15-6-5-7-16(11-15)22-18(23)12-21-17-10-13(2)8-9-14(17)3/h5-11,21H,4,12H2,1-3H3,(H,20,24)(H,22,23). The van der Waals surface area contributed by atoms with Gasteiger partial charge in [-0.2, -0.15) is 0 Å². The Kier molecular flexibility index (Phi) is 5.95. The minimum absolute atomic E-state index is 0.151. The normalized spacial score (nSPS) is 10.1. The molecule has 0 radical (unpaired) electrons. The summed E-state index contributed by atoms with van der Waals surface area (Å²) in [5, 5.41) is 8.68. The number of rotatable bonds is 6. The van der Waals surface area contributed by atoms with Gasteiger partial charge in [-0.1, -0.05) is 18.2 Å². The van der Waals surface area contributed by atoms with Crippen molar-refractivity contribution < 1.29 is 9.59 Å². The second-order valence-electron chi connectivity index (χ2n) is 5.66. The fraction of sp³-hybridized carbons (Fsp3) is 0.263. The lowest BCUT2D eigenvalue weighted by Crippen LogP contribution is -2.24. The molecular formula is C19H23N3O2. The van der Waals surface area contributed by atoms with E-state index in [2.05, 4.69) is 16.0 Å². The van der Waals surface area contributed by atoms with Crippen molar-refractivity contribution in [3.8, 4) is 0 Å². The van der Waals surface area contributed by atoms with Crippen LogP contribution in [0.2, 0.25) is 0 Å². The third kappa shape index (κ3) is 4.84. The summed E-state index contributed by atoms with van der Waals surface area (Å²) in [5.74, 6) is -0.314. The van der Waals surface area contributed by atoms with Crippen LogP contribution in [0.15, 0.2) is 42.5 Å². The predicted octanol–water partition coefficient (Wildman–Crippen LogP) is 3.10. The van der Waals surface area contributed by atoms with Crippen molar-refractivity contribution >= 4 is 23.2 Å². The van der Waals surface area contributed by atoms with Crippen LogP contribution in [0.4, 0.5) is 11.4 Å². The van der Waals surface area contributed by atoms with Crippen molar-refractivity contribution in [2.24, 2.45) is 0 Å². The molecular weight excluding hydrogens is 302 g/mol. The molecule has 0 spiro atoms. The zero-order chi connectivity index (χ0) is 17.5. The van der Waals surface area contributed by atoms with Gasteiger partial charge in [-0.3, -0.25) is 9.59 Å². The summed E-state index contributed by atoms with van der Waals surface area (Å²) in [6.07, 6.45) is 0. The van der Waals surface area contributed by atoms with Gasteiger partial charge in [-0.15, -0.1) is 0 Å². The van der Waals surface area contributed by atoms with Crippen LogP contribution >= 0.6 is 0 Å². The lowest BCUT2D eigenvalue weighted by molar-refractivity contribution is -0.114. The summed E-state index contributed by atoms with van der Waals surface area (Å²) >= 11 is 0. The molecule has 0 aromatic heterocycles. The summed E-state index contributed by atoms with van der Waals surface area (Å²) in [6.45, 7) is 6.60. The minimum Gasteiger partial charge on any atom is -0.376 e. The predicted molar refractivity (Wildman–Crippen MR) is 97.5 cm³/mol. The fourth-order valence-corrected chi connectivity index (χ4v) is 2.31. The van der Waals surface area contributed by atoms with Crippen LogP contribution in [0.3, 0.4) is 0 Å². The molecule has 126 valence electrons. The Balaban J connectivity index is 1.96. The second kappa shape index (κ2) is 8.15. The Hall–Kier alpha value is -2.82. The van der Waals surface area contributed by atoms with Crippen molar-refractivity contribution in [3.05, 3.63) is 59.2 Å². The van der Waals surface area contributed by atoms with Crippen molar-refractivity contribution in [1.29, 1.82) is 0 Å². The number of nitrogens with one attached hydrogen (secondary N) is 3. The molecule has 0 aliphatic rings. The molecule has 0 saturated carbocycles. The molecule has 0 unspecified atom stereocenters. The minimum atomic E-state index is -0.163. The lowest BCUT2D eigenvalue weighted by atomic mass is 10.1. The Bertz CT molecular complexity index is 741. The van der Waals surface area contributed by atoms with Gasteiger partial charge in [0, 0.05) is 23.5 Å². The van der Waals surface area contributed by atoms with Crippen molar-refractivity contribution in [1.82, 2.24) is 5.32 Å². The molecule has 2 rings (SSSR count). The highest BCUT2D eigenvalue weighted by Gasteiger charge is 2.07. The molecule has 5 nitrogen and oxygen atoms in total. The lowest BCUT2D eigenvalue weighted by Gasteiger charge is -2.11. The van der Waals surface area contributed by atoms with E-state index in [1.54, 1.807) is 24.3 Å². The Morgan fingerprint density at radius 3 is 2.58 bits per heavy atom. The average molecular weight is 325 g/mol. The summed E-state index contributed by atoms with van der Waals surface area (Å²) in [7, 11) is 0. The largest absolute Gasteiger partial charge is 0.376 e. The molecule has 24 heavy (non-hydrogen) atoms. The van der Waals surface area contributed by atoms with E-state index in [9.17, 15) is 9.59 Å². The van der Waals surface area contributed by atoms with Gasteiger partial charge < -0.3 is 16.0 Å². The first-order chi connectivity index (χ1) is 11.5. The first kappa shape index (κ1) is 17.5. The molecule has 5 heteroatoms. The molecule has 0 saturated heterocycles. The second-order valence-corrected chi connectivity index (χ2v) is 5.66. The maximum atomic E-state index is 12.1. The van der Waals surface area contributed by atoms with Crippen LogP contribution in [0.25, 0.3) is 0 Å². The number of amides is 2. The number of benzene rings is 2. The highest BCUT2D eigenvalue weighted by Crippen LogP contribution is 2.16. The molecule has 2 aromatic rings. The summed E-state index contributed by atoms with van der Waals surface area (Å²) < 4.78 is 0. The first-order valence-corrected chi connectivity index (χ1v) is 7.99. The molecule has 0 heterocycles. The molecule has 2 amide bonds. The van der Waals surface area contributed by atoms with E-state index in [-0.39, 0.29) is 18.4 Å². The zero-order valence-corrected chi connectivity index (χ0v) is 14.3. The van der Waals surface area contributed by atoms with Crippen molar-refractivity contribution in [2.75, 3.05) is 23.7 Å². The van der Waals surface area contributed by atoms with Gasteiger partial charge in [-0.25, -0.2) is 0 Å². The molecule has 0 aliphatic carbocycles. The molecule has 0 fully saturated rings. The summed E-state index contributed by atoms with van der Waals surface area (Å²) in [4.78, 5) is 23.9. The number of carbonyl (C=O) groups excluding carboxylic acids is 2. The quantitative estimate of drug-likeness (QED) is 0.764. The molecule has 0 atom stereocenters. The average Bonchev–Trinajstić information content (AvgIpc) is 2.56. The van der Waals surface area contributed by atoms with E-state index < -0.39 is 0 Å². The highest BCUT2D eigenvalue weighted by atomic mass is 16.2. The van der Waals surface area contributed by atoms with Crippen LogP contribution in [-0.4, -0.2) is 24.9 Å². The van der Waals surface area contributed by atoms with Crippen LogP contribution < -0.4 is 16.0 Å².